The van der Waals surface area contributed by atoms with E-state index in [0.717, 1.165) is 17.5 Å². The van der Waals surface area contributed by atoms with Crippen molar-refractivity contribution >= 4 is 10.3 Å². The van der Waals surface area contributed by atoms with Gasteiger partial charge in [0.15, 0.2) is 0 Å². The van der Waals surface area contributed by atoms with Gasteiger partial charge in [-0.05, 0) is 31.4 Å². The molecule has 2 aromatic carbocycles. The number of ether oxygens (including phenoxy) is 1. The van der Waals surface area contributed by atoms with Crippen LogP contribution in [0.4, 0.5) is 0 Å². The van der Waals surface area contributed by atoms with Gasteiger partial charge in [0.25, 0.3) is 0 Å². The monoisotopic (exact) mass is 359 g/mol. The molecule has 0 spiro atoms. The Morgan fingerprint density at radius 1 is 1.08 bits per heavy atom. The highest BCUT2D eigenvalue weighted by Gasteiger charge is 2.57. The van der Waals surface area contributed by atoms with Gasteiger partial charge in [-0.1, -0.05) is 48.5 Å². The van der Waals surface area contributed by atoms with Crippen molar-refractivity contribution < 1.29 is 17.3 Å². The molecule has 0 aromatic heterocycles. The van der Waals surface area contributed by atoms with Crippen LogP contribution < -0.4 is 8.91 Å². The lowest BCUT2D eigenvalue weighted by Gasteiger charge is -2.50. The molecule has 1 fully saturated rings. The lowest BCUT2D eigenvalue weighted by molar-refractivity contribution is -0.137. The number of benzene rings is 2. The zero-order chi connectivity index (χ0) is 17.5. The average Bonchev–Trinajstić information content (AvgIpc) is 2.65. The standard InChI is InChI=1S/C19H21NO4S/c1-18-12-7-13-23-19(18,14-15-8-3-2-4-9-15)16-10-5-6-11-17(16)24-25(21,22)20-18/h2-6,8-11,20H,7,12-14H2,1H3/t18-,19+/m0/s1. The van der Waals surface area contributed by atoms with E-state index in [9.17, 15) is 8.42 Å². The molecule has 0 unspecified atom stereocenters. The van der Waals surface area contributed by atoms with Crippen molar-refractivity contribution in [2.75, 3.05) is 6.61 Å². The summed E-state index contributed by atoms with van der Waals surface area (Å²) in [6, 6.07) is 17.3. The van der Waals surface area contributed by atoms with E-state index in [0.29, 0.717) is 25.2 Å². The summed E-state index contributed by atoms with van der Waals surface area (Å²) in [5.74, 6) is 0.330. The fourth-order valence-electron chi connectivity index (χ4n) is 4.05. The quantitative estimate of drug-likeness (QED) is 0.895. The Bertz CT molecular complexity index is 883. The van der Waals surface area contributed by atoms with Crippen molar-refractivity contribution in [3.63, 3.8) is 0 Å². The third-order valence-corrected chi connectivity index (χ3v) is 6.33. The van der Waals surface area contributed by atoms with E-state index in [1.54, 1.807) is 12.1 Å². The highest BCUT2D eigenvalue weighted by Crippen LogP contribution is 2.50. The maximum atomic E-state index is 12.5. The predicted octanol–water partition coefficient (Wildman–Crippen LogP) is 2.92. The minimum Gasteiger partial charge on any atom is -0.370 e. The summed E-state index contributed by atoms with van der Waals surface area (Å²) < 4.78 is 39.5. The third kappa shape index (κ3) is 2.74. The molecule has 1 N–H and O–H groups in total. The second-order valence-electron chi connectivity index (χ2n) is 6.91. The fourth-order valence-corrected chi connectivity index (χ4v) is 5.30. The molecule has 2 aliphatic rings. The minimum absolute atomic E-state index is 0.330. The Morgan fingerprint density at radius 2 is 1.80 bits per heavy atom. The van der Waals surface area contributed by atoms with Crippen molar-refractivity contribution in [3.8, 4) is 5.75 Å². The van der Waals surface area contributed by atoms with E-state index in [2.05, 4.69) is 4.72 Å². The van der Waals surface area contributed by atoms with Crippen LogP contribution in [0.2, 0.25) is 0 Å². The molecule has 0 radical (unpaired) electrons. The second-order valence-corrected chi connectivity index (χ2v) is 8.19. The fraction of sp³-hybridized carbons (Fsp3) is 0.368. The number of para-hydroxylation sites is 1. The van der Waals surface area contributed by atoms with Gasteiger partial charge in [-0.15, -0.1) is 0 Å². The summed E-state index contributed by atoms with van der Waals surface area (Å²) in [5.41, 5.74) is 0.236. The molecule has 6 heteroatoms. The van der Waals surface area contributed by atoms with Crippen molar-refractivity contribution in [2.24, 2.45) is 0 Å². The first kappa shape index (κ1) is 16.6. The largest absolute Gasteiger partial charge is 0.383 e. The maximum Gasteiger partial charge on any atom is 0.383 e. The number of rotatable bonds is 2. The van der Waals surface area contributed by atoms with Crippen molar-refractivity contribution in [3.05, 3.63) is 65.7 Å². The molecule has 25 heavy (non-hydrogen) atoms. The lowest BCUT2D eigenvalue weighted by Crippen LogP contribution is -2.63. The number of hydrogen-bond donors (Lipinski definition) is 1. The van der Waals surface area contributed by atoms with Gasteiger partial charge in [0.1, 0.15) is 11.4 Å². The lowest BCUT2D eigenvalue weighted by atomic mass is 9.69. The van der Waals surface area contributed by atoms with Crippen LogP contribution in [0.1, 0.15) is 30.9 Å². The highest BCUT2D eigenvalue weighted by molar-refractivity contribution is 7.85. The van der Waals surface area contributed by atoms with Crippen molar-refractivity contribution in [1.82, 2.24) is 4.72 Å². The van der Waals surface area contributed by atoms with E-state index in [1.165, 1.54) is 0 Å². The van der Waals surface area contributed by atoms with Crippen LogP contribution in [0.25, 0.3) is 0 Å². The van der Waals surface area contributed by atoms with Crippen LogP contribution in [0.5, 0.6) is 5.75 Å². The van der Waals surface area contributed by atoms with E-state index in [1.807, 2.05) is 49.4 Å². The van der Waals surface area contributed by atoms with Gasteiger partial charge in [-0.25, -0.2) is 0 Å². The smallest absolute Gasteiger partial charge is 0.370 e. The summed E-state index contributed by atoms with van der Waals surface area (Å²) in [6.45, 7) is 2.50. The molecule has 132 valence electrons. The van der Waals surface area contributed by atoms with Gasteiger partial charge >= 0.3 is 10.3 Å². The Morgan fingerprint density at radius 3 is 2.60 bits per heavy atom. The molecule has 2 aromatic rings. The molecule has 4 rings (SSSR count). The van der Waals surface area contributed by atoms with Gasteiger partial charge in [0.2, 0.25) is 0 Å². The summed E-state index contributed by atoms with van der Waals surface area (Å²) in [5, 5.41) is 0. The van der Waals surface area contributed by atoms with Gasteiger partial charge in [0, 0.05) is 18.6 Å². The Labute approximate surface area is 148 Å². The molecule has 2 atom stereocenters. The first-order chi connectivity index (χ1) is 11.9. The zero-order valence-electron chi connectivity index (χ0n) is 14.1. The summed E-state index contributed by atoms with van der Waals surface area (Å²) >= 11 is 0. The van der Waals surface area contributed by atoms with Crippen molar-refractivity contribution in [1.29, 1.82) is 0 Å². The van der Waals surface area contributed by atoms with Gasteiger partial charge in [-0.3, -0.25) is 0 Å². The Balaban J connectivity index is 1.95. The first-order valence-electron chi connectivity index (χ1n) is 8.45. The molecular formula is C19H21NO4S. The van der Waals surface area contributed by atoms with E-state index in [4.69, 9.17) is 8.92 Å². The van der Waals surface area contributed by atoms with Crippen LogP contribution in [-0.4, -0.2) is 20.6 Å². The van der Waals surface area contributed by atoms with Gasteiger partial charge in [0.05, 0.1) is 5.54 Å². The molecule has 5 nitrogen and oxygen atoms in total. The van der Waals surface area contributed by atoms with E-state index in [-0.39, 0.29) is 0 Å². The first-order valence-corrected chi connectivity index (χ1v) is 9.86. The van der Waals surface area contributed by atoms with Crippen LogP contribution in [0.15, 0.2) is 54.6 Å². The maximum absolute atomic E-state index is 12.5. The van der Waals surface area contributed by atoms with Crippen LogP contribution >= 0.6 is 0 Å². The molecule has 1 saturated heterocycles. The van der Waals surface area contributed by atoms with Crippen LogP contribution in [0, 0.1) is 0 Å². The SMILES string of the molecule is C[C@]12CCCO[C@]1(Cc1ccccc1)c1ccccc1OS(=O)(=O)N2. The number of fused-ring (bicyclic) bond motifs is 3. The Hall–Kier alpha value is -1.89. The van der Waals surface area contributed by atoms with Gasteiger partial charge in [-0.2, -0.15) is 13.1 Å². The Kier molecular flexibility index (Phi) is 3.86. The third-order valence-electron chi connectivity index (χ3n) is 5.23. The summed E-state index contributed by atoms with van der Waals surface area (Å²) in [7, 11) is -3.92. The summed E-state index contributed by atoms with van der Waals surface area (Å²) in [4.78, 5) is 0. The predicted molar refractivity (Wildman–Crippen MR) is 94.5 cm³/mol. The molecule has 2 aliphatic heterocycles. The van der Waals surface area contributed by atoms with E-state index >= 15 is 0 Å². The highest BCUT2D eigenvalue weighted by atomic mass is 32.2. The molecule has 2 heterocycles. The van der Waals surface area contributed by atoms with Crippen LogP contribution in [-0.2, 0) is 27.1 Å². The molecule has 0 bridgehead atoms. The van der Waals surface area contributed by atoms with E-state index < -0.39 is 21.4 Å². The molecule has 0 amide bonds. The van der Waals surface area contributed by atoms with Crippen LogP contribution in [0.3, 0.4) is 0 Å². The topological polar surface area (TPSA) is 64.6 Å². The zero-order valence-corrected chi connectivity index (χ0v) is 14.9. The minimum atomic E-state index is -3.92. The molecular weight excluding hydrogens is 338 g/mol. The van der Waals surface area contributed by atoms with Gasteiger partial charge < -0.3 is 8.92 Å². The van der Waals surface area contributed by atoms with Crippen molar-refractivity contribution in [2.45, 2.75) is 37.3 Å². The molecule has 0 saturated carbocycles. The average molecular weight is 359 g/mol. The number of nitrogens with one attached hydrogen (secondary N) is 1. The number of hydrogen-bond acceptors (Lipinski definition) is 4. The second kappa shape index (κ2) is 5.83. The normalized spacial score (nSPS) is 30.4. The summed E-state index contributed by atoms with van der Waals surface area (Å²) in [6.07, 6.45) is 2.03. The molecule has 0 aliphatic carbocycles.